The van der Waals surface area contributed by atoms with E-state index in [-0.39, 0.29) is 11.9 Å². The van der Waals surface area contributed by atoms with Crippen LogP contribution in [0.15, 0.2) is 47.8 Å². The Morgan fingerprint density at radius 2 is 1.88 bits per heavy atom. The maximum absolute atomic E-state index is 11.9. The lowest BCUT2D eigenvalue weighted by molar-refractivity contribution is -0.126. The molecule has 0 bridgehead atoms. The number of carbonyl (C=O) groups is 1. The average molecular weight is 244 g/mol. The van der Waals surface area contributed by atoms with Crippen molar-refractivity contribution < 1.29 is 4.79 Å². The lowest BCUT2D eigenvalue weighted by atomic mass is 9.93. The second-order valence-electron chi connectivity index (χ2n) is 4.03. The summed E-state index contributed by atoms with van der Waals surface area (Å²) in [6.45, 7) is 0. The summed E-state index contributed by atoms with van der Waals surface area (Å²) in [7, 11) is 0. The molecule has 2 atom stereocenters. The SMILES string of the molecule is N[C@H]1C(=O)N(c2ccccc2)[C@H]1c1cccs1. The van der Waals surface area contributed by atoms with Crippen LogP contribution in [0.2, 0.25) is 0 Å². The number of amides is 1. The van der Waals surface area contributed by atoms with E-state index < -0.39 is 6.04 Å². The number of β-lactam (4-membered cyclic amide) rings is 1. The number of thiophene rings is 1. The van der Waals surface area contributed by atoms with Crippen LogP contribution in [-0.2, 0) is 4.79 Å². The first-order chi connectivity index (χ1) is 8.29. The fraction of sp³-hybridized carbons (Fsp3) is 0.154. The Labute approximate surface area is 103 Å². The van der Waals surface area contributed by atoms with Crippen LogP contribution in [-0.4, -0.2) is 11.9 Å². The first-order valence-electron chi connectivity index (χ1n) is 5.46. The molecular formula is C13H12N2OS. The van der Waals surface area contributed by atoms with Gasteiger partial charge in [-0.3, -0.25) is 4.79 Å². The first-order valence-corrected chi connectivity index (χ1v) is 6.34. The van der Waals surface area contributed by atoms with E-state index in [0.29, 0.717) is 0 Å². The van der Waals surface area contributed by atoms with Gasteiger partial charge in [0.05, 0.1) is 6.04 Å². The first kappa shape index (κ1) is 10.5. The summed E-state index contributed by atoms with van der Waals surface area (Å²) in [6.07, 6.45) is 0. The monoisotopic (exact) mass is 244 g/mol. The van der Waals surface area contributed by atoms with E-state index in [1.165, 1.54) is 0 Å². The van der Waals surface area contributed by atoms with Crippen LogP contribution in [0, 0.1) is 0 Å². The van der Waals surface area contributed by atoms with Gasteiger partial charge in [-0.15, -0.1) is 11.3 Å². The molecule has 0 radical (unpaired) electrons. The third-order valence-corrected chi connectivity index (χ3v) is 3.95. The second-order valence-corrected chi connectivity index (χ2v) is 5.01. The molecule has 1 fully saturated rings. The summed E-state index contributed by atoms with van der Waals surface area (Å²) in [4.78, 5) is 14.8. The molecule has 1 aliphatic rings. The molecule has 3 nitrogen and oxygen atoms in total. The Kier molecular flexibility index (Phi) is 2.46. The zero-order valence-electron chi connectivity index (χ0n) is 9.11. The summed E-state index contributed by atoms with van der Waals surface area (Å²) in [5.41, 5.74) is 6.82. The predicted octanol–water partition coefficient (Wildman–Crippen LogP) is 2.16. The normalized spacial score (nSPS) is 23.6. The molecule has 0 saturated carbocycles. The van der Waals surface area contributed by atoms with E-state index in [1.807, 2.05) is 47.8 Å². The number of rotatable bonds is 2. The molecule has 17 heavy (non-hydrogen) atoms. The maximum Gasteiger partial charge on any atom is 0.247 e. The van der Waals surface area contributed by atoms with E-state index in [2.05, 4.69) is 0 Å². The van der Waals surface area contributed by atoms with Gasteiger partial charge in [0, 0.05) is 10.6 Å². The minimum absolute atomic E-state index is 0.00500. The lowest BCUT2D eigenvalue weighted by Crippen LogP contribution is -2.63. The number of hydrogen-bond acceptors (Lipinski definition) is 3. The predicted molar refractivity (Wildman–Crippen MR) is 69.0 cm³/mol. The molecule has 86 valence electrons. The van der Waals surface area contributed by atoms with Crippen LogP contribution in [0.4, 0.5) is 5.69 Å². The molecule has 1 aliphatic heterocycles. The van der Waals surface area contributed by atoms with Gasteiger partial charge in [0.15, 0.2) is 0 Å². The van der Waals surface area contributed by atoms with Gasteiger partial charge in [-0.05, 0) is 23.6 Å². The molecule has 0 unspecified atom stereocenters. The van der Waals surface area contributed by atoms with Crippen molar-refractivity contribution in [2.45, 2.75) is 12.1 Å². The van der Waals surface area contributed by atoms with Gasteiger partial charge in [-0.2, -0.15) is 0 Å². The molecule has 3 rings (SSSR count). The molecule has 2 N–H and O–H groups in total. The highest BCUT2D eigenvalue weighted by Gasteiger charge is 2.47. The highest BCUT2D eigenvalue weighted by molar-refractivity contribution is 7.10. The molecule has 2 aromatic rings. The van der Waals surface area contributed by atoms with E-state index in [0.717, 1.165) is 10.6 Å². The van der Waals surface area contributed by atoms with Crippen molar-refractivity contribution in [3.63, 3.8) is 0 Å². The third-order valence-electron chi connectivity index (χ3n) is 3.01. The number of para-hydroxylation sites is 1. The zero-order chi connectivity index (χ0) is 11.8. The number of nitrogens with zero attached hydrogens (tertiary/aromatic N) is 1. The van der Waals surface area contributed by atoms with Crippen molar-refractivity contribution in [2.75, 3.05) is 4.90 Å². The summed E-state index contributed by atoms with van der Waals surface area (Å²) in [5, 5.41) is 2.01. The molecule has 1 amide bonds. The standard InChI is InChI=1S/C13H12N2OS/c14-11-12(10-7-4-8-17-10)15(13(11)16)9-5-2-1-3-6-9/h1-8,11-12H,14H2/t11-,12+/m1/s1. The molecule has 1 aromatic carbocycles. The Hall–Kier alpha value is -1.65. The largest absolute Gasteiger partial charge is 0.318 e. The van der Waals surface area contributed by atoms with Crippen LogP contribution in [0.25, 0.3) is 0 Å². The smallest absolute Gasteiger partial charge is 0.247 e. The van der Waals surface area contributed by atoms with Gasteiger partial charge in [0.1, 0.15) is 6.04 Å². The Morgan fingerprint density at radius 3 is 2.53 bits per heavy atom. The maximum atomic E-state index is 11.9. The second kappa shape index (κ2) is 3.98. The van der Waals surface area contributed by atoms with E-state index >= 15 is 0 Å². The number of benzene rings is 1. The van der Waals surface area contributed by atoms with Gasteiger partial charge in [0.2, 0.25) is 5.91 Å². The molecular weight excluding hydrogens is 232 g/mol. The zero-order valence-corrected chi connectivity index (χ0v) is 9.93. The topological polar surface area (TPSA) is 46.3 Å². The number of carbonyl (C=O) groups excluding carboxylic acids is 1. The minimum Gasteiger partial charge on any atom is -0.318 e. The van der Waals surface area contributed by atoms with Crippen LogP contribution in [0.3, 0.4) is 0 Å². The van der Waals surface area contributed by atoms with Gasteiger partial charge >= 0.3 is 0 Å². The van der Waals surface area contributed by atoms with Crippen LogP contribution in [0.1, 0.15) is 10.9 Å². The van der Waals surface area contributed by atoms with Crippen molar-refractivity contribution in [3.05, 3.63) is 52.7 Å². The minimum atomic E-state index is -0.408. The van der Waals surface area contributed by atoms with Crippen LogP contribution in [0.5, 0.6) is 0 Å². The molecule has 1 aromatic heterocycles. The third kappa shape index (κ3) is 1.57. The van der Waals surface area contributed by atoms with Crippen molar-refractivity contribution in [2.24, 2.45) is 5.73 Å². The highest BCUT2D eigenvalue weighted by Crippen LogP contribution is 2.39. The number of hydrogen-bond donors (Lipinski definition) is 1. The van der Waals surface area contributed by atoms with Gasteiger partial charge < -0.3 is 10.6 Å². The van der Waals surface area contributed by atoms with E-state index in [9.17, 15) is 4.79 Å². The summed E-state index contributed by atoms with van der Waals surface area (Å²) >= 11 is 1.64. The summed E-state index contributed by atoms with van der Waals surface area (Å²) < 4.78 is 0. The fourth-order valence-electron chi connectivity index (χ4n) is 2.15. The summed E-state index contributed by atoms with van der Waals surface area (Å²) in [6, 6.07) is 13.3. The van der Waals surface area contributed by atoms with Gasteiger partial charge in [0.25, 0.3) is 0 Å². The molecule has 0 spiro atoms. The van der Waals surface area contributed by atoms with Gasteiger partial charge in [-0.1, -0.05) is 24.3 Å². The van der Waals surface area contributed by atoms with Gasteiger partial charge in [-0.25, -0.2) is 0 Å². The Morgan fingerprint density at radius 1 is 1.12 bits per heavy atom. The molecule has 1 saturated heterocycles. The van der Waals surface area contributed by atoms with Crippen LogP contribution < -0.4 is 10.6 Å². The molecule has 4 heteroatoms. The lowest BCUT2D eigenvalue weighted by Gasteiger charge is -2.44. The number of nitrogens with two attached hydrogens (primary N) is 1. The quantitative estimate of drug-likeness (QED) is 0.823. The van der Waals surface area contributed by atoms with E-state index in [4.69, 9.17) is 5.73 Å². The number of anilines is 1. The average Bonchev–Trinajstić information content (AvgIpc) is 2.88. The highest BCUT2D eigenvalue weighted by atomic mass is 32.1. The molecule has 2 heterocycles. The Balaban J connectivity index is 1.97. The fourth-order valence-corrected chi connectivity index (χ4v) is 3.01. The molecule has 0 aliphatic carbocycles. The van der Waals surface area contributed by atoms with Crippen molar-refractivity contribution >= 4 is 22.9 Å². The van der Waals surface area contributed by atoms with Crippen molar-refractivity contribution in [1.82, 2.24) is 0 Å². The van der Waals surface area contributed by atoms with Crippen molar-refractivity contribution in [3.8, 4) is 0 Å². The Bertz CT molecular complexity index is 524. The van der Waals surface area contributed by atoms with Crippen LogP contribution >= 0.6 is 11.3 Å². The summed E-state index contributed by atoms with van der Waals surface area (Å²) in [5.74, 6) is -0.00500. The van der Waals surface area contributed by atoms with Crippen molar-refractivity contribution in [1.29, 1.82) is 0 Å². The van der Waals surface area contributed by atoms with E-state index in [1.54, 1.807) is 16.2 Å².